The van der Waals surface area contributed by atoms with Crippen LogP contribution in [-0.4, -0.2) is 34.2 Å². The van der Waals surface area contributed by atoms with Crippen LogP contribution in [0.5, 0.6) is 0 Å². The lowest BCUT2D eigenvalue weighted by Crippen LogP contribution is -2.28. The Morgan fingerprint density at radius 3 is 2.08 bits per heavy atom. The number of rotatable bonds is 6. The number of aryl methyl sites for hydroxylation is 1. The van der Waals surface area contributed by atoms with Crippen molar-refractivity contribution in [2.45, 2.75) is 42.5 Å². The third-order valence-corrected chi connectivity index (χ3v) is 7.83. The highest BCUT2D eigenvalue weighted by atomic mass is 32.2. The smallest absolute Gasteiger partial charge is 0.243 e. The van der Waals surface area contributed by atoms with E-state index in [2.05, 4.69) is 4.72 Å². The molecule has 0 spiro atoms. The highest BCUT2D eigenvalue weighted by Gasteiger charge is 2.28. The van der Waals surface area contributed by atoms with Crippen molar-refractivity contribution in [3.05, 3.63) is 47.9 Å². The molecule has 2 aromatic rings. The summed E-state index contributed by atoms with van der Waals surface area (Å²) in [4.78, 5) is 0.112. The first-order chi connectivity index (χ1) is 12.2. The Labute approximate surface area is 154 Å². The summed E-state index contributed by atoms with van der Waals surface area (Å²) in [7, 11) is -7.36. The summed E-state index contributed by atoms with van der Waals surface area (Å²) in [5.74, 6) is 1.21. The van der Waals surface area contributed by atoms with Crippen LogP contribution in [0.1, 0.15) is 37.3 Å². The molecule has 1 fully saturated rings. The van der Waals surface area contributed by atoms with Gasteiger partial charge >= 0.3 is 0 Å². The van der Waals surface area contributed by atoms with E-state index in [0.717, 1.165) is 12.8 Å². The van der Waals surface area contributed by atoms with E-state index >= 15 is 0 Å². The molecule has 1 aromatic heterocycles. The first-order valence-electron chi connectivity index (χ1n) is 8.39. The summed E-state index contributed by atoms with van der Waals surface area (Å²) < 4.78 is 59.5. The van der Waals surface area contributed by atoms with Crippen LogP contribution < -0.4 is 4.72 Å². The van der Waals surface area contributed by atoms with Crippen molar-refractivity contribution in [2.75, 3.05) is 13.1 Å². The van der Waals surface area contributed by atoms with Crippen molar-refractivity contribution in [2.24, 2.45) is 0 Å². The second-order valence-electron chi connectivity index (χ2n) is 6.37. The number of hydrogen-bond acceptors (Lipinski definition) is 5. The van der Waals surface area contributed by atoms with E-state index < -0.39 is 26.1 Å². The molecular formula is C17H22N2O5S2. The van der Waals surface area contributed by atoms with E-state index in [1.165, 1.54) is 28.6 Å². The number of sulfonamides is 2. The summed E-state index contributed by atoms with van der Waals surface area (Å²) >= 11 is 0. The molecule has 1 aliphatic rings. The molecule has 0 saturated carbocycles. The Morgan fingerprint density at radius 1 is 0.962 bits per heavy atom. The molecule has 0 radical (unpaired) electrons. The SMILES string of the molecule is Cc1ccc([C@H](C)NS(=O)(=O)c2ccc(S(=O)(=O)N3CCCC3)cc2)o1. The van der Waals surface area contributed by atoms with Gasteiger partial charge in [0, 0.05) is 13.1 Å². The minimum atomic E-state index is -3.80. The Kier molecular flexibility index (Phi) is 5.25. The Hall–Kier alpha value is -1.68. The molecule has 1 atom stereocenters. The van der Waals surface area contributed by atoms with Gasteiger partial charge in [-0.1, -0.05) is 0 Å². The minimum Gasteiger partial charge on any atom is -0.465 e. The fraction of sp³-hybridized carbons (Fsp3) is 0.412. The molecule has 2 heterocycles. The quantitative estimate of drug-likeness (QED) is 0.806. The summed E-state index contributed by atoms with van der Waals surface area (Å²) in [5, 5.41) is 0. The molecule has 0 amide bonds. The first-order valence-corrected chi connectivity index (χ1v) is 11.3. The highest BCUT2D eigenvalue weighted by molar-refractivity contribution is 7.89. The second-order valence-corrected chi connectivity index (χ2v) is 10.0. The molecule has 0 aliphatic carbocycles. The number of furan rings is 1. The van der Waals surface area contributed by atoms with Crippen molar-refractivity contribution in [1.82, 2.24) is 9.03 Å². The standard InChI is InChI=1S/C17H22N2O5S2/c1-13-5-10-17(24-13)14(2)18-25(20,21)15-6-8-16(9-7-15)26(22,23)19-11-3-4-12-19/h5-10,14,18H,3-4,11-12H2,1-2H3/t14-/m0/s1. The summed E-state index contributed by atoms with van der Waals surface area (Å²) in [6.07, 6.45) is 1.69. The van der Waals surface area contributed by atoms with Crippen molar-refractivity contribution in [3.63, 3.8) is 0 Å². The van der Waals surface area contributed by atoms with E-state index in [1.54, 1.807) is 26.0 Å². The largest absolute Gasteiger partial charge is 0.465 e. The van der Waals surface area contributed by atoms with Crippen LogP contribution in [0.4, 0.5) is 0 Å². The van der Waals surface area contributed by atoms with E-state index in [0.29, 0.717) is 24.6 Å². The first kappa shape index (κ1) is 19.1. The maximum absolute atomic E-state index is 12.5. The van der Waals surface area contributed by atoms with Gasteiger partial charge in [0.25, 0.3) is 0 Å². The molecular weight excluding hydrogens is 376 g/mol. The van der Waals surface area contributed by atoms with Crippen molar-refractivity contribution < 1.29 is 21.3 Å². The van der Waals surface area contributed by atoms with Gasteiger partial charge in [-0.2, -0.15) is 4.31 Å². The maximum Gasteiger partial charge on any atom is 0.243 e. The van der Waals surface area contributed by atoms with E-state index in [-0.39, 0.29) is 9.79 Å². The molecule has 0 bridgehead atoms. The minimum absolute atomic E-state index is 0.00741. The molecule has 1 N–H and O–H groups in total. The van der Waals surface area contributed by atoms with Crippen LogP contribution in [0, 0.1) is 6.92 Å². The normalized spacial score (nSPS) is 17.5. The van der Waals surface area contributed by atoms with E-state index in [1.807, 2.05) is 0 Å². The van der Waals surface area contributed by atoms with E-state index in [4.69, 9.17) is 4.42 Å². The molecule has 142 valence electrons. The van der Waals surface area contributed by atoms with Gasteiger partial charge in [-0.3, -0.25) is 0 Å². The zero-order valence-electron chi connectivity index (χ0n) is 14.7. The Balaban J connectivity index is 1.78. The third kappa shape index (κ3) is 3.85. The average molecular weight is 399 g/mol. The molecule has 9 heteroatoms. The van der Waals surface area contributed by atoms with Crippen LogP contribution in [0.3, 0.4) is 0 Å². The lowest BCUT2D eigenvalue weighted by atomic mass is 10.3. The average Bonchev–Trinajstić information content (AvgIpc) is 3.26. The van der Waals surface area contributed by atoms with Crippen molar-refractivity contribution >= 4 is 20.0 Å². The molecule has 3 rings (SSSR count). The highest BCUT2D eigenvalue weighted by Crippen LogP contribution is 2.23. The Morgan fingerprint density at radius 2 is 1.54 bits per heavy atom. The fourth-order valence-corrected chi connectivity index (χ4v) is 5.64. The van der Waals surface area contributed by atoms with Gasteiger partial charge in [0.05, 0.1) is 15.8 Å². The zero-order valence-corrected chi connectivity index (χ0v) is 16.3. The summed E-state index contributed by atoms with van der Waals surface area (Å²) in [6, 6.07) is 8.23. The monoisotopic (exact) mass is 398 g/mol. The van der Waals surface area contributed by atoms with Crippen LogP contribution in [-0.2, 0) is 20.0 Å². The molecule has 1 aliphatic heterocycles. The molecule has 0 unspecified atom stereocenters. The number of benzene rings is 1. The predicted molar refractivity (Wildman–Crippen MR) is 96.6 cm³/mol. The van der Waals surface area contributed by atoms with Gasteiger partial charge in [-0.15, -0.1) is 0 Å². The number of nitrogens with zero attached hydrogens (tertiary/aromatic N) is 1. The second kappa shape index (κ2) is 7.15. The fourth-order valence-electron chi connectivity index (χ4n) is 2.91. The van der Waals surface area contributed by atoms with Gasteiger partial charge in [0.2, 0.25) is 20.0 Å². The van der Waals surface area contributed by atoms with Crippen molar-refractivity contribution in [1.29, 1.82) is 0 Å². The van der Waals surface area contributed by atoms with Crippen molar-refractivity contribution in [3.8, 4) is 0 Å². The van der Waals surface area contributed by atoms with Gasteiger partial charge in [-0.05, 0) is 63.1 Å². The molecule has 26 heavy (non-hydrogen) atoms. The lowest BCUT2D eigenvalue weighted by Gasteiger charge is -2.16. The summed E-state index contributed by atoms with van der Waals surface area (Å²) in [6.45, 7) is 4.47. The lowest BCUT2D eigenvalue weighted by molar-refractivity contribution is 0.441. The Bertz CT molecular complexity index is 972. The topological polar surface area (TPSA) is 96.7 Å². The number of nitrogens with one attached hydrogen (secondary N) is 1. The summed E-state index contributed by atoms with van der Waals surface area (Å²) in [5.41, 5.74) is 0. The molecule has 7 nitrogen and oxygen atoms in total. The molecule has 1 aromatic carbocycles. The van der Waals surface area contributed by atoms with Crippen LogP contribution in [0.15, 0.2) is 50.6 Å². The third-order valence-electron chi connectivity index (χ3n) is 4.36. The number of hydrogen-bond donors (Lipinski definition) is 1. The van der Waals surface area contributed by atoms with Crippen LogP contribution in [0.25, 0.3) is 0 Å². The van der Waals surface area contributed by atoms with Gasteiger partial charge in [0.15, 0.2) is 0 Å². The van der Waals surface area contributed by atoms with Gasteiger partial charge in [-0.25, -0.2) is 21.6 Å². The van der Waals surface area contributed by atoms with Crippen LogP contribution in [0.2, 0.25) is 0 Å². The van der Waals surface area contributed by atoms with E-state index in [9.17, 15) is 16.8 Å². The predicted octanol–water partition coefficient (Wildman–Crippen LogP) is 2.41. The van der Waals surface area contributed by atoms with Gasteiger partial charge in [0.1, 0.15) is 11.5 Å². The zero-order chi connectivity index (χ0) is 18.9. The van der Waals surface area contributed by atoms with Gasteiger partial charge < -0.3 is 4.42 Å². The maximum atomic E-state index is 12.5. The molecule has 1 saturated heterocycles. The van der Waals surface area contributed by atoms with Crippen LogP contribution >= 0.6 is 0 Å².